The summed E-state index contributed by atoms with van der Waals surface area (Å²) in [5.74, 6) is 7.95. The molecule has 0 amide bonds. The van der Waals surface area contributed by atoms with E-state index in [9.17, 15) is 0 Å². The summed E-state index contributed by atoms with van der Waals surface area (Å²) >= 11 is 0. The molecular weight excluding hydrogens is 340 g/mol. The van der Waals surface area contributed by atoms with E-state index in [1.165, 1.54) is 0 Å². The van der Waals surface area contributed by atoms with Crippen LogP contribution in [-0.2, 0) is 6.42 Å². The first-order valence-corrected chi connectivity index (χ1v) is 8.20. The van der Waals surface area contributed by atoms with Crippen molar-refractivity contribution < 1.29 is 9.47 Å². The quantitative estimate of drug-likeness (QED) is 0.695. The van der Waals surface area contributed by atoms with E-state index in [1.807, 2.05) is 36.4 Å². The Kier molecular flexibility index (Phi) is 5.43. The van der Waals surface area contributed by atoms with E-state index in [4.69, 9.17) is 20.9 Å². The first kappa shape index (κ1) is 18.1. The number of aromatic nitrogens is 2. The van der Waals surface area contributed by atoms with E-state index < -0.39 is 0 Å². The highest BCUT2D eigenvalue weighted by Gasteiger charge is 2.13. The summed E-state index contributed by atoms with van der Waals surface area (Å²) in [6.45, 7) is 0. The minimum Gasteiger partial charge on any atom is -0.493 e. The van der Waals surface area contributed by atoms with Gasteiger partial charge in [-0.25, -0.2) is 4.98 Å². The summed E-state index contributed by atoms with van der Waals surface area (Å²) in [4.78, 5) is 8.01. The second-order valence-corrected chi connectivity index (χ2v) is 5.73. The van der Waals surface area contributed by atoms with E-state index in [-0.39, 0.29) is 5.95 Å². The normalized spacial score (nSPS) is 10.0. The van der Waals surface area contributed by atoms with E-state index in [2.05, 4.69) is 27.9 Å². The van der Waals surface area contributed by atoms with Gasteiger partial charge in [0.15, 0.2) is 11.5 Å². The molecule has 27 heavy (non-hydrogen) atoms. The fraction of sp³-hybridized carbons (Fsp3) is 0.143. The van der Waals surface area contributed by atoms with E-state index in [1.54, 1.807) is 20.4 Å². The molecule has 1 heterocycles. The maximum absolute atomic E-state index is 5.95. The van der Waals surface area contributed by atoms with E-state index in [0.717, 1.165) is 22.3 Å². The van der Waals surface area contributed by atoms with Gasteiger partial charge in [-0.3, -0.25) is 0 Å². The van der Waals surface area contributed by atoms with Gasteiger partial charge in [0, 0.05) is 23.7 Å². The molecule has 0 aliphatic carbocycles. The highest BCUT2D eigenvalue weighted by Crippen LogP contribution is 2.33. The molecule has 2 aromatic carbocycles. The lowest BCUT2D eigenvalue weighted by molar-refractivity contribution is 0.354. The standard InChI is InChI=1S/C21H19N4O2/c1-26-18-12-15(11-17-13-24-21(23)25-20(17)22)10-16(19(18)27-2)9-8-14-6-4-3-5-7-14/h4-7,10,12-13H,11H2,1-2H3,(H4,22,23,24,25). The number of nitrogen functional groups attached to an aromatic ring is 2. The summed E-state index contributed by atoms with van der Waals surface area (Å²) in [6, 6.07) is 14.2. The van der Waals surface area contributed by atoms with Crippen LogP contribution in [0.1, 0.15) is 22.3 Å². The Hall–Kier alpha value is -3.72. The fourth-order valence-corrected chi connectivity index (χ4v) is 2.62. The topological polar surface area (TPSA) is 96.3 Å². The van der Waals surface area contributed by atoms with Crippen molar-refractivity contribution in [1.29, 1.82) is 0 Å². The third kappa shape index (κ3) is 4.28. The van der Waals surface area contributed by atoms with Crippen LogP contribution in [0.3, 0.4) is 0 Å². The number of rotatable bonds is 4. The van der Waals surface area contributed by atoms with Crippen LogP contribution in [0.25, 0.3) is 0 Å². The Morgan fingerprint density at radius 1 is 1.07 bits per heavy atom. The van der Waals surface area contributed by atoms with Crippen LogP contribution in [0.2, 0.25) is 0 Å². The van der Waals surface area contributed by atoms with Crippen molar-refractivity contribution in [1.82, 2.24) is 9.97 Å². The van der Waals surface area contributed by atoms with Crippen LogP contribution in [0.15, 0.2) is 42.6 Å². The Bertz CT molecular complexity index is 1010. The minimum atomic E-state index is 0.148. The number of benzene rings is 2. The molecule has 1 radical (unpaired) electrons. The second-order valence-electron chi connectivity index (χ2n) is 5.73. The largest absolute Gasteiger partial charge is 0.493 e. The highest BCUT2D eigenvalue weighted by atomic mass is 16.5. The molecule has 1 aromatic heterocycles. The smallest absolute Gasteiger partial charge is 0.221 e. The summed E-state index contributed by atoms with van der Waals surface area (Å²) < 4.78 is 11.0. The van der Waals surface area contributed by atoms with Gasteiger partial charge < -0.3 is 20.9 Å². The van der Waals surface area contributed by atoms with Crippen LogP contribution in [0, 0.1) is 17.9 Å². The van der Waals surface area contributed by atoms with Crippen LogP contribution >= 0.6 is 0 Å². The number of hydrogen-bond donors (Lipinski definition) is 2. The molecule has 0 aliphatic heterocycles. The average Bonchev–Trinajstić information content (AvgIpc) is 2.68. The average molecular weight is 359 g/mol. The predicted octanol–water partition coefficient (Wildman–Crippen LogP) is 2.45. The molecule has 6 heteroatoms. The van der Waals surface area contributed by atoms with Crippen LogP contribution in [-0.4, -0.2) is 24.2 Å². The molecule has 0 aliphatic rings. The molecule has 4 N–H and O–H groups in total. The molecule has 0 saturated carbocycles. The van der Waals surface area contributed by atoms with Crippen molar-refractivity contribution in [2.75, 3.05) is 25.7 Å². The molecule has 0 spiro atoms. The monoisotopic (exact) mass is 359 g/mol. The molecule has 0 atom stereocenters. The SMILES string of the molecule is COc1cc(Cc2cnc(N)nc2N)cc(C#Cc2cc[c]cc2)c1OC. The van der Waals surface area contributed by atoms with Crippen molar-refractivity contribution in [2.24, 2.45) is 0 Å². The molecule has 3 rings (SSSR count). The maximum Gasteiger partial charge on any atom is 0.221 e. The fourth-order valence-electron chi connectivity index (χ4n) is 2.62. The first-order chi connectivity index (χ1) is 13.1. The molecular formula is C21H19N4O2. The molecule has 0 bridgehead atoms. The molecule has 0 fully saturated rings. The number of methoxy groups -OCH3 is 2. The third-order valence-corrected chi connectivity index (χ3v) is 3.91. The first-order valence-electron chi connectivity index (χ1n) is 8.20. The number of ether oxygens (including phenoxy) is 2. The van der Waals surface area contributed by atoms with Crippen molar-refractivity contribution in [2.45, 2.75) is 6.42 Å². The molecule has 0 saturated heterocycles. The van der Waals surface area contributed by atoms with Crippen molar-refractivity contribution in [3.63, 3.8) is 0 Å². The summed E-state index contributed by atoms with van der Waals surface area (Å²) in [5.41, 5.74) is 14.8. The molecule has 6 nitrogen and oxygen atoms in total. The van der Waals surface area contributed by atoms with Gasteiger partial charge in [0.25, 0.3) is 0 Å². The summed E-state index contributed by atoms with van der Waals surface area (Å²) in [5, 5.41) is 0. The lowest BCUT2D eigenvalue weighted by Gasteiger charge is -2.13. The van der Waals surface area contributed by atoms with Gasteiger partial charge in [0.05, 0.1) is 19.8 Å². The van der Waals surface area contributed by atoms with Gasteiger partial charge in [0.2, 0.25) is 5.95 Å². The minimum absolute atomic E-state index is 0.148. The number of anilines is 2. The number of nitrogens with two attached hydrogens (primary N) is 2. The van der Waals surface area contributed by atoms with Gasteiger partial charge in [0.1, 0.15) is 5.82 Å². The zero-order chi connectivity index (χ0) is 19.2. The second kappa shape index (κ2) is 8.11. The zero-order valence-electron chi connectivity index (χ0n) is 15.1. The Labute approximate surface area is 158 Å². The van der Waals surface area contributed by atoms with Crippen molar-refractivity contribution in [3.05, 3.63) is 70.9 Å². The molecule has 3 aromatic rings. The Balaban J connectivity index is 2.02. The number of hydrogen-bond acceptors (Lipinski definition) is 6. The Morgan fingerprint density at radius 3 is 2.52 bits per heavy atom. The molecule has 0 unspecified atom stereocenters. The van der Waals surface area contributed by atoms with Crippen LogP contribution < -0.4 is 20.9 Å². The van der Waals surface area contributed by atoms with Gasteiger partial charge in [-0.1, -0.05) is 24.0 Å². The van der Waals surface area contributed by atoms with Crippen LogP contribution in [0.4, 0.5) is 11.8 Å². The lowest BCUT2D eigenvalue weighted by atomic mass is 10.0. The lowest BCUT2D eigenvalue weighted by Crippen LogP contribution is -2.04. The van der Waals surface area contributed by atoms with Gasteiger partial charge in [-0.05, 0) is 35.9 Å². The van der Waals surface area contributed by atoms with E-state index >= 15 is 0 Å². The maximum atomic E-state index is 5.95. The zero-order valence-corrected chi connectivity index (χ0v) is 15.1. The van der Waals surface area contributed by atoms with Gasteiger partial charge >= 0.3 is 0 Å². The number of nitrogens with zero attached hydrogens (tertiary/aromatic N) is 2. The van der Waals surface area contributed by atoms with Crippen molar-refractivity contribution in [3.8, 4) is 23.3 Å². The third-order valence-electron chi connectivity index (χ3n) is 3.91. The highest BCUT2D eigenvalue weighted by molar-refractivity contribution is 5.59. The van der Waals surface area contributed by atoms with E-state index in [0.29, 0.717) is 23.7 Å². The van der Waals surface area contributed by atoms with Gasteiger partial charge in [-0.2, -0.15) is 4.98 Å². The summed E-state index contributed by atoms with van der Waals surface area (Å²) in [7, 11) is 3.18. The van der Waals surface area contributed by atoms with Gasteiger partial charge in [-0.15, -0.1) is 0 Å². The Morgan fingerprint density at radius 2 is 1.85 bits per heavy atom. The molecule has 135 valence electrons. The van der Waals surface area contributed by atoms with Crippen LogP contribution in [0.5, 0.6) is 11.5 Å². The van der Waals surface area contributed by atoms with Crippen molar-refractivity contribution >= 4 is 11.8 Å². The predicted molar refractivity (Wildman–Crippen MR) is 104 cm³/mol. The summed E-state index contributed by atoms with van der Waals surface area (Å²) in [6.07, 6.45) is 2.14.